The zero-order valence-electron chi connectivity index (χ0n) is 7.01. The van der Waals surface area contributed by atoms with Crippen LogP contribution in [0.3, 0.4) is 0 Å². The van der Waals surface area contributed by atoms with Crippen molar-refractivity contribution in [3.05, 3.63) is 38.9 Å². The van der Waals surface area contributed by atoms with Crippen LogP contribution in [0.2, 0.25) is 0 Å². The van der Waals surface area contributed by atoms with Gasteiger partial charge in [-0.15, -0.1) is 0 Å². The summed E-state index contributed by atoms with van der Waals surface area (Å²) in [5.74, 6) is 0. The Bertz CT molecular complexity index is 466. The van der Waals surface area contributed by atoms with Gasteiger partial charge in [0.05, 0.1) is 9.99 Å². The highest BCUT2D eigenvalue weighted by Crippen LogP contribution is 2.29. The van der Waals surface area contributed by atoms with Gasteiger partial charge in [-0.25, -0.2) is 0 Å². The molecular weight excluding hydrogens is 294 g/mol. The van der Waals surface area contributed by atoms with E-state index in [9.17, 15) is 0 Å². The second-order valence-corrected chi connectivity index (χ2v) is 4.59. The van der Waals surface area contributed by atoms with Gasteiger partial charge in [0.2, 0.25) is 0 Å². The molecule has 0 saturated carbocycles. The predicted octanol–water partition coefficient (Wildman–Crippen LogP) is 4.07. The van der Waals surface area contributed by atoms with Crippen molar-refractivity contribution in [2.45, 2.75) is 6.92 Å². The summed E-state index contributed by atoms with van der Waals surface area (Å²) in [6.07, 6.45) is 1.81. The minimum atomic E-state index is 0.990. The molecule has 0 saturated heterocycles. The maximum absolute atomic E-state index is 4.33. The fraction of sp³-hybridized carbons (Fsp3) is 0.100. The van der Waals surface area contributed by atoms with Crippen molar-refractivity contribution in [1.82, 2.24) is 4.98 Å². The monoisotopic (exact) mass is 299 g/mol. The second-order valence-electron chi connectivity index (χ2n) is 2.94. The van der Waals surface area contributed by atoms with Gasteiger partial charge in [-0.1, -0.05) is 12.1 Å². The third kappa shape index (κ3) is 1.63. The van der Waals surface area contributed by atoms with Gasteiger partial charge in [-0.05, 0) is 50.4 Å². The topological polar surface area (TPSA) is 12.9 Å². The summed E-state index contributed by atoms with van der Waals surface area (Å²) in [5.41, 5.74) is 2.25. The molecule has 0 spiro atoms. The molecule has 66 valence electrons. The lowest BCUT2D eigenvalue weighted by Gasteiger charge is -2.02. The highest BCUT2D eigenvalue weighted by atomic mass is 79.9. The van der Waals surface area contributed by atoms with Gasteiger partial charge in [0.25, 0.3) is 0 Å². The summed E-state index contributed by atoms with van der Waals surface area (Å²) in [6.45, 7) is 2.07. The number of halogens is 2. The first-order valence-electron chi connectivity index (χ1n) is 3.89. The second kappa shape index (κ2) is 3.39. The van der Waals surface area contributed by atoms with Crippen molar-refractivity contribution in [3.63, 3.8) is 0 Å². The third-order valence-electron chi connectivity index (χ3n) is 1.92. The number of rotatable bonds is 0. The quantitative estimate of drug-likeness (QED) is 0.715. The molecule has 0 amide bonds. The van der Waals surface area contributed by atoms with Crippen LogP contribution in [0, 0.1) is 6.92 Å². The molecule has 2 aromatic rings. The van der Waals surface area contributed by atoms with Crippen LogP contribution in [-0.4, -0.2) is 4.98 Å². The predicted molar refractivity (Wildman–Crippen MR) is 61.9 cm³/mol. The summed E-state index contributed by atoms with van der Waals surface area (Å²) >= 11 is 6.94. The molecule has 0 radical (unpaired) electrons. The molecule has 0 N–H and O–H groups in total. The van der Waals surface area contributed by atoms with E-state index in [-0.39, 0.29) is 0 Å². The molecule has 1 nitrogen and oxygen atoms in total. The molecule has 0 aliphatic carbocycles. The summed E-state index contributed by atoms with van der Waals surface area (Å²) in [5, 5.41) is 1.14. The Labute approximate surface area is 93.4 Å². The normalized spacial score (nSPS) is 10.7. The van der Waals surface area contributed by atoms with Gasteiger partial charge in [-0.2, -0.15) is 0 Å². The number of nitrogens with zero attached hydrogens (tertiary/aromatic N) is 1. The zero-order chi connectivity index (χ0) is 9.42. The van der Waals surface area contributed by atoms with E-state index in [0.717, 1.165) is 19.8 Å². The van der Waals surface area contributed by atoms with Crippen molar-refractivity contribution in [3.8, 4) is 0 Å². The molecular formula is C10H7Br2N. The minimum absolute atomic E-state index is 0.990. The maximum Gasteiger partial charge on any atom is 0.0716 e. The molecule has 0 bridgehead atoms. The largest absolute Gasteiger partial charge is 0.255 e. The molecule has 0 atom stereocenters. The highest BCUT2D eigenvalue weighted by Gasteiger charge is 2.03. The number of aryl methyl sites for hydroxylation is 1. The van der Waals surface area contributed by atoms with Crippen LogP contribution in [0.1, 0.15) is 5.56 Å². The van der Waals surface area contributed by atoms with Gasteiger partial charge in [0, 0.05) is 16.1 Å². The van der Waals surface area contributed by atoms with Crippen molar-refractivity contribution >= 4 is 42.8 Å². The Balaban J connectivity index is 2.87. The summed E-state index contributed by atoms with van der Waals surface area (Å²) in [4.78, 5) is 4.33. The molecule has 0 aliphatic rings. The average molecular weight is 301 g/mol. The summed E-state index contributed by atoms with van der Waals surface area (Å²) in [6, 6.07) is 6.24. The number of hydrogen-bond donors (Lipinski definition) is 0. The molecule has 2 rings (SSSR count). The lowest BCUT2D eigenvalue weighted by atomic mass is 10.1. The van der Waals surface area contributed by atoms with Crippen LogP contribution in [0.5, 0.6) is 0 Å². The van der Waals surface area contributed by atoms with E-state index in [0.29, 0.717) is 0 Å². The Hall–Kier alpha value is -0.410. The van der Waals surface area contributed by atoms with Crippen LogP contribution >= 0.6 is 31.9 Å². The lowest BCUT2D eigenvalue weighted by molar-refractivity contribution is 1.36. The molecule has 13 heavy (non-hydrogen) atoms. The first kappa shape index (κ1) is 9.16. The van der Waals surface area contributed by atoms with Crippen molar-refractivity contribution < 1.29 is 0 Å². The molecule has 3 heteroatoms. The number of benzene rings is 1. The first-order chi connectivity index (χ1) is 6.18. The van der Waals surface area contributed by atoms with Gasteiger partial charge < -0.3 is 0 Å². The lowest BCUT2D eigenvalue weighted by Crippen LogP contribution is -1.82. The van der Waals surface area contributed by atoms with E-state index in [1.807, 2.05) is 6.20 Å². The van der Waals surface area contributed by atoms with Crippen molar-refractivity contribution in [1.29, 1.82) is 0 Å². The van der Waals surface area contributed by atoms with E-state index in [2.05, 4.69) is 62.0 Å². The van der Waals surface area contributed by atoms with Crippen LogP contribution < -0.4 is 0 Å². The van der Waals surface area contributed by atoms with Gasteiger partial charge in [-0.3, -0.25) is 4.98 Å². The maximum atomic E-state index is 4.33. The first-order valence-corrected chi connectivity index (χ1v) is 5.47. The fourth-order valence-corrected chi connectivity index (χ4v) is 2.00. The minimum Gasteiger partial charge on any atom is -0.255 e. The molecule has 0 unspecified atom stereocenters. The van der Waals surface area contributed by atoms with E-state index in [1.54, 1.807) is 0 Å². The van der Waals surface area contributed by atoms with Crippen molar-refractivity contribution in [2.75, 3.05) is 0 Å². The van der Waals surface area contributed by atoms with E-state index in [4.69, 9.17) is 0 Å². The standard InChI is InChI=1S/C10H7Br2N/c1-6-2-3-7-9(4-6)13-5-8(11)10(7)12/h2-5H,1H3. The molecule has 1 heterocycles. The van der Waals surface area contributed by atoms with Gasteiger partial charge >= 0.3 is 0 Å². The fourth-order valence-electron chi connectivity index (χ4n) is 1.25. The summed E-state index contributed by atoms with van der Waals surface area (Å²) in [7, 11) is 0. The number of pyridine rings is 1. The number of fused-ring (bicyclic) bond motifs is 1. The van der Waals surface area contributed by atoms with E-state index < -0.39 is 0 Å². The van der Waals surface area contributed by atoms with Gasteiger partial charge in [0.1, 0.15) is 0 Å². The third-order valence-corrected chi connectivity index (χ3v) is 3.90. The van der Waals surface area contributed by atoms with E-state index >= 15 is 0 Å². The molecule has 0 aliphatic heterocycles. The smallest absolute Gasteiger partial charge is 0.0716 e. The Morgan fingerprint density at radius 3 is 2.77 bits per heavy atom. The highest BCUT2D eigenvalue weighted by molar-refractivity contribution is 9.13. The van der Waals surface area contributed by atoms with Crippen LogP contribution in [0.4, 0.5) is 0 Å². The summed E-state index contributed by atoms with van der Waals surface area (Å²) < 4.78 is 2.06. The van der Waals surface area contributed by atoms with Gasteiger partial charge in [0.15, 0.2) is 0 Å². The number of hydrogen-bond acceptors (Lipinski definition) is 1. The number of aromatic nitrogens is 1. The zero-order valence-corrected chi connectivity index (χ0v) is 10.2. The SMILES string of the molecule is Cc1ccc2c(Br)c(Br)cnc2c1. The Morgan fingerprint density at radius 2 is 2.00 bits per heavy atom. The van der Waals surface area contributed by atoms with Crippen LogP contribution in [0.25, 0.3) is 10.9 Å². The molecule has 0 fully saturated rings. The Kier molecular flexibility index (Phi) is 2.39. The average Bonchev–Trinajstić information content (AvgIpc) is 2.12. The molecule has 1 aromatic heterocycles. The Morgan fingerprint density at radius 1 is 1.23 bits per heavy atom. The van der Waals surface area contributed by atoms with Crippen LogP contribution in [0.15, 0.2) is 33.3 Å². The van der Waals surface area contributed by atoms with Crippen molar-refractivity contribution in [2.24, 2.45) is 0 Å². The van der Waals surface area contributed by atoms with E-state index in [1.165, 1.54) is 5.56 Å². The molecule has 1 aromatic carbocycles. The van der Waals surface area contributed by atoms with Crippen LogP contribution in [-0.2, 0) is 0 Å².